The molecule has 1 fully saturated rings. The van der Waals surface area contributed by atoms with Crippen molar-refractivity contribution in [2.75, 3.05) is 0 Å². The first-order valence-corrected chi connectivity index (χ1v) is 6.06. The molecule has 2 nitrogen and oxygen atoms in total. The molecule has 0 atom stereocenters. The molecule has 0 heterocycles. The minimum Gasteiger partial charge on any atom is -0.481 e. The van der Waals surface area contributed by atoms with Gasteiger partial charge in [-0.1, -0.05) is 37.1 Å². The van der Waals surface area contributed by atoms with Crippen LogP contribution in [-0.2, 0) is 11.2 Å². The van der Waals surface area contributed by atoms with Gasteiger partial charge in [-0.2, -0.15) is 0 Å². The zero-order valence-electron chi connectivity index (χ0n) is 9.48. The van der Waals surface area contributed by atoms with E-state index in [1.165, 1.54) is 31.2 Å². The van der Waals surface area contributed by atoms with Gasteiger partial charge in [-0.25, -0.2) is 0 Å². The number of hydrogen-bond donors (Lipinski definition) is 1. The summed E-state index contributed by atoms with van der Waals surface area (Å²) in [6.45, 7) is 0. The number of carbonyl (C=O) groups is 1. The molecule has 2 heteroatoms. The molecule has 86 valence electrons. The van der Waals surface area contributed by atoms with Crippen molar-refractivity contribution in [2.45, 2.75) is 44.4 Å². The lowest BCUT2D eigenvalue weighted by Gasteiger charge is -2.09. The van der Waals surface area contributed by atoms with Crippen molar-refractivity contribution in [3.05, 3.63) is 35.4 Å². The molecule has 2 rings (SSSR count). The predicted molar refractivity (Wildman–Crippen MR) is 63.6 cm³/mol. The van der Waals surface area contributed by atoms with Crippen molar-refractivity contribution in [3.8, 4) is 0 Å². The molecule has 0 amide bonds. The van der Waals surface area contributed by atoms with Gasteiger partial charge in [0.05, 0.1) is 0 Å². The largest absolute Gasteiger partial charge is 0.481 e. The van der Waals surface area contributed by atoms with Crippen LogP contribution in [0.25, 0.3) is 0 Å². The molecule has 16 heavy (non-hydrogen) atoms. The lowest BCUT2D eigenvalue weighted by molar-refractivity contribution is -0.136. The molecule has 1 N–H and O–H groups in total. The highest BCUT2D eigenvalue weighted by atomic mass is 16.4. The summed E-state index contributed by atoms with van der Waals surface area (Å²) in [6, 6.07) is 8.51. The van der Waals surface area contributed by atoms with Crippen LogP contribution in [-0.4, -0.2) is 11.1 Å². The number of benzene rings is 1. The molecule has 1 aromatic carbocycles. The van der Waals surface area contributed by atoms with Gasteiger partial charge in [-0.15, -0.1) is 0 Å². The maximum absolute atomic E-state index is 10.4. The highest BCUT2D eigenvalue weighted by Gasteiger charge is 2.16. The molecule has 1 aliphatic rings. The van der Waals surface area contributed by atoms with Crippen LogP contribution in [0.15, 0.2) is 24.3 Å². The van der Waals surface area contributed by atoms with Gasteiger partial charge in [-0.3, -0.25) is 4.79 Å². The summed E-state index contributed by atoms with van der Waals surface area (Å²) in [6.07, 6.45) is 6.20. The first kappa shape index (κ1) is 11.2. The Bertz CT molecular complexity index is 348. The predicted octanol–water partition coefficient (Wildman–Crippen LogP) is 3.36. The van der Waals surface area contributed by atoms with E-state index in [0.717, 1.165) is 11.5 Å². The molecule has 0 unspecified atom stereocenters. The van der Waals surface area contributed by atoms with Crippen molar-refractivity contribution in [3.63, 3.8) is 0 Å². The second kappa shape index (κ2) is 5.15. The lowest BCUT2D eigenvalue weighted by Crippen LogP contribution is -1.98. The fraction of sp³-hybridized carbons (Fsp3) is 0.500. The number of rotatable bonds is 4. The molecule has 0 spiro atoms. The maximum atomic E-state index is 10.4. The summed E-state index contributed by atoms with van der Waals surface area (Å²) in [5, 5.41) is 8.60. The van der Waals surface area contributed by atoms with Gasteiger partial charge in [0.2, 0.25) is 0 Å². The zero-order valence-corrected chi connectivity index (χ0v) is 9.48. The topological polar surface area (TPSA) is 37.3 Å². The smallest absolute Gasteiger partial charge is 0.303 e. The Balaban J connectivity index is 1.95. The molecule has 0 saturated heterocycles. The van der Waals surface area contributed by atoms with E-state index in [0.29, 0.717) is 6.42 Å². The monoisotopic (exact) mass is 218 g/mol. The third-order valence-electron chi connectivity index (χ3n) is 3.43. The molecule has 1 aliphatic carbocycles. The fourth-order valence-electron chi connectivity index (χ4n) is 2.47. The molecule has 0 bridgehead atoms. The van der Waals surface area contributed by atoms with Crippen molar-refractivity contribution < 1.29 is 9.90 Å². The first-order chi connectivity index (χ1) is 7.75. The van der Waals surface area contributed by atoms with Crippen LogP contribution in [0, 0.1) is 0 Å². The van der Waals surface area contributed by atoms with E-state index in [4.69, 9.17) is 5.11 Å². The van der Waals surface area contributed by atoms with Gasteiger partial charge in [0.1, 0.15) is 0 Å². The van der Waals surface area contributed by atoms with Gasteiger partial charge in [0, 0.05) is 6.42 Å². The van der Waals surface area contributed by atoms with Gasteiger partial charge in [0.15, 0.2) is 0 Å². The molecule has 0 radical (unpaired) electrons. The number of aryl methyl sites for hydroxylation is 1. The summed E-state index contributed by atoms with van der Waals surface area (Å²) in [5.41, 5.74) is 2.56. The summed E-state index contributed by atoms with van der Waals surface area (Å²) in [5.74, 6) is 0.0217. The average Bonchev–Trinajstić information content (AvgIpc) is 2.80. The van der Waals surface area contributed by atoms with Crippen LogP contribution in [0.4, 0.5) is 0 Å². The summed E-state index contributed by atoms with van der Waals surface area (Å²) >= 11 is 0. The minimum atomic E-state index is -0.722. The Morgan fingerprint density at radius 3 is 2.38 bits per heavy atom. The molecule has 1 aromatic rings. The molecule has 1 saturated carbocycles. The summed E-state index contributed by atoms with van der Waals surface area (Å²) in [4.78, 5) is 10.4. The van der Waals surface area contributed by atoms with Crippen LogP contribution in [0.1, 0.15) is 49.1 Å². The van der Waals surface area contributed by atoms with Crippen LogP contribution in [0.2, 0.25) is 0 Å². The second-order valence-corrected chi connectivity index (χ2v) is 4.62. The van der Waals surface area contributed by atoms with E-state index >= 15 is 0 Å². The van der Waals surface area contributed by atoms with Crippen LogP contribution < -0.4 is 0 Å². The van der Waals surface area contributed by atoms with Gasteiger partial charge < -0.3 is 5.11 Å². The van der Waals surface area contributed by atoms with E-state index in [2.05, 4.69) is 24.3 Å². The number of carboxylic acids is 1. The summed E-state index contributed by atoms with van der Waals surface area (Å²) in [7, 11) is 0. The van der Waals surface area contributed by atoms with Gasteiger partial charge in [-0.05, 0) is 36.3 Å². The maximum Gasteiger partial charge on any atom is 0.303 e. The Kier molecular flexibility index (Phi) is 3.60. The Morgan fingerprint density at radius 2 is 1.81 bits per heavy atom. The van der Waals surface area contributed by atoms with Crippen molar-refractivity contribution in [2.24, 2.45) is 0 Å². The van der Waals surface area contributed by atoms with E-state index in [1.807, 2.05) is 0 Å². The standard InChI is InChI=1S/C14H18O2/c15-14(16)10-7-11-5-8-13(9-6-11)12-3-1-2-4-12/h5-6,8-9,12H,1-4,7,10H2,(H,15,16). The Morgan fingerprint density at radius 1 is 1.19 bits per heavy atom. The van der Waals surface area contributed by atoms with Gasteiger partial charge in [0.25, 0.3) is 0 Å². The second-order valence-electron chi connectivity index (χ2n) is 4.62. The van der Waals surface area contributed by atoms with Crippen LogP contribution >= 0.6 is 0 Å². The van der Waals surface area contributed by atoms with E-state index in [1.54, 1.807) is 0 Å². The van der Waals surface area contributed by atoms with E-state index < -0.39 is 5.97 Å². The molecular formula is C14H18O2. The number of hydrogen-bond acceptors (Lipinski definition) is 1. The highest BCUT2D eigenvalue weighted by molar-refractivity contribution is 5.67. The lowest BCUT2D eigenvalue weighted by atomic mass is 9.96. The molecule has 0 aliphatic heterocycles. The van der Waals surface area contributed by atoms with Crippen molar-refractivity contribution in [1.29, 1.82) is 0 Å². The molecular weight excluding hydrogens is 200 g/mol. The van der Waals surface area contributed by atoms with Crippen molar-refractivity contribution in [1.82, 2.24) is 0 Å². The fourth-order valence-corrected chi connectivity index (χ4v) is 2.47. The summed E-state index contributed by atoms with van der Waals surface area (Å²) < 4.78 is 0. The Labute approximate surface area is 96.3 Å². The average molecular weight is 218 g/mol. The van der Waals surface area contributed by atoms with Crippen LogP contribution in [0.5, 0.6) is 0 Å². The van der Waals surface area contributed by atoms with E-state index in [-0.39, 0.29) is 6.42 Å². The SMILES string of the molecule is O=C(O)CCc1ccc(C2CCCC2)cc1. The molecule has 0 aromatic heterocycles. The quantitative estimate of drug-likeness (QED) is 0.841. The number of aliphatic carboxylic acids is 1. The third kappa shape index (κ3) is 2.84. The van der Waals surface area contributed by atoms with E-state index in [9.17, 15) is 4.79 Å². The third-order valence-corrected chi connectivity index (χ3v) is 3.43. The van der Waals surface area contributed by atoms with Gasteiger partial charge >= 0.3 is 5.97 Å². The van der Waals surface area contributed by atoms with Crippen LogP contribution in [0.3, 0.4) is 0 Å². The number of carboxylic acid groups (broad SMARTS) is 1. The Hall–Kier alpha value is -1.31. The van der Waals surface area contributed by atoms with Crippen molar-refractivity contribution >= 4 is 5.97 Å². The zero-order chi connectivity index (χ0) is 11.4. The minimum absolute atomic E-state index is 0.225. The highest BCUT2D eigenvalue weighted by Crippen LogP contribution is 2.33. The normalized spacial score (nSPS) is 16.5. The first-order valence-electron chi connectivity index (χ1n) is 6.06.